The molecule has 7 nitrogen and oxygen atoms in total. The average molecular weight is 451 g/mol. The number of fused-ring (bicyclic) bond motifs is 1. The lowest BCUT2D eigenvalue weighted by atomic mass is 10.1. The number of aromatic nitrogens is 4. The number of sulfonamides is 1. The lowest BCUT2D eigenvalue weighted by Crippen LogP contribution is -2.14. The van der Waals surface area contributed by atoms with Crippen LogP contribution in [0, 0.1) is 23.5 Å². The molecule has 10 heteroatoms. The van der Waals surface area contributed by atoms with Crippen LogP contribution in [0.1, 0.15) is 35.6 Å². The zero-order valence-electron chi connectivity index (χ0n) is 16.4. The summed E-state index contributed by atoms with van der Waals surface area (Å²) in [6, 6.07) is 6.48. The van der Waals surface area contributed by atoms with Crippen molar-refractivity contribution in [1.82, 2.24) is 20.2 Å². The second kappa shape index (κ2) is 7.69. The van der Waals surface area contributed by atoms with E-state index in [9.17, 15) is 17.2 Å². The summed E-state index contributed by atoms with van der Waals surface area (Å²) in [4.78, 5) is 7.85. The zero-order valence-corrected chi connectivity index (χ0v) is 17.2. The van der Waals surface area contributed by atoms with Crippen LogP contribution in [-0.4, -0.2) is 28.6 Å². The normalized spacial score (nSPS) is 13.6. The minimum absolute atomic E-state index is 0.151. The second-order valence-electron chi connectivity index (χ2n) is 7.33. The highest BCUT2D eigenvalue weighted by Gasteiger charge is 2.28. The molecular formula is C22H15F2N5O2S. The Bertz CT molecular complexity index is 1500. The van der Waals surface area contributed by atoms with Gasteiger partial charge >= 0.3 is 0 Å². The number of pyridine rings is 2. The van der Waals surface area contributed by atoms with E-state index in [-0.39, 0.29) is 4.90 Å². The van der Waals surface area contributed by atoms with Crippen molar-refractivity contribution in [2.24, 2.45) is 0 Å². The lowest BCUT2D eigenvalue weighted by molar-refractivity contribution is 0.578. The Morgan fingerprint density at radius 1 is 1.12 bits per heavy atom. The number of hydrogen-bond acceptors (Lipinski definition) is 5. The summed E-state index contributed by atoms with van der Waals surface area (Å²) >= 11 is 0. The molecule has 4 aromatic rings. The molecule has 1 aliphatic rings. The highest BCUT2D eigenvalue weighted by Crippen LogP contribution is 2.41. The van der Waals surface area contributed by atoms with Crippen molar-refractivity contribution >= 4 is 26.7 Å². The van der Waals surface area contributed by atoms with Crippen molar-refractivity contribution in [2.75, 3.05) is 4.72 Å². The number of nitrogens with zero attached hydrogens (tertiary/aromatic N) is 3. The predicted molar refractivity (Wildman–Crippen MR) is 113 cm³/mol. The van der Waals surface area contributed by atoms with Crippen molar-refractivity contribution < 1.29 is 17.2 Å². The van der Waals surface area contributed by atoms with E-state index in [0.29, 0.717) is 17.1 Å². The number of rotatable bonds is 4. The minimum atomic E-state index is -4.10. The Morgan fingerprint density at radius 3 is 2.72 bits per heavy atom. The van der Waals surface area contributed by atoms with Gasteiger partial charge in [-0.1, -0.05) is 11.8 Å². The van der Waals surface area contributed by atoms with Crippen LogP contribution in [0.5, 0.6) is 0 Å². The maximum absolute atomic E-state index is 14.9. The molecule has 0 radical (unpaired) electrons. The van der Waals surface area contributed by atoms with E-state index in [1.165, 1.54) is 24.5 Å². The van der Waals surface area contributed by atoms with E-state index in [0.717, 1.165) is 42.3 Å². The van der Waals surface area contributed by atoms with E-state index in [2.05, 4.69) is 36.7 Å². The highest BCUT2D eigenvalue weighted by molar-refractivity contribution is 7.92. The molecule has 0 saturated heterocycles. The van der Waals surface area contributed by atoms with Gasteiger partial charge in [-0.25, -0.2) is 22.2 Å². The van der Waals surface area contributed by atoms with E-state index in [1.807, 2.05) is 0 Å². The van der Waals surface area contributed by atoms with Gasteiger partial charge < -0.3 is 0 Å². The van der Waals surface area contributed by atoms with Gasteiger partial charge in [-0.2, -0.15) is 5.10 Å². The number of benzene rings is 1. The smallest absolute Gasteiger partial charge is 0.263 e. The highest BCUT2D eigenvalue weighted by atomic mass is 32.2. The van der Waals surface area contributed by atoms with Crippen LogP contribution in [0.2, 0.25) is 0 Å². The number of nitrogens with one attached hydrogen (secondary N) is 2. The number of hydrogen-bond donors (Lipinski definition) is 2. The Morgan fingerprint density at radius 2 is 1.97 bits per heavy atom. The molecule has 0 atom stereocenters. The molecule has 0 unspecified atom stereocenters. The molecule has 1 saturated carbocycles. The molecule has 0 amide bonds. The molecule has 32 heavy (non-hydrogen) atoms. The third-order valence-electron chi connectivity index (χ3n) is 5.02. The molecule has 0 bridgehead atoms. The summed E-state index contributed by atoms with van der Waals surface area (Å²) < 4.78 is 56.3. The van der Waals surface area contributed by atoms with Gasteiger partial charge in [0, 0.05) is 35.5 Å². The molecule has 1 aromatic carbocycles. The van der Waals surface area contributed by atoms with Gasteiger partial charge in [-0.15, -0.1) is 0 Å². The second-order valence-corrected chi connectivity index (χ2v) is 9.01. The Kier molecular flexibility index (Phi) is 4.83. The molecule has 0 aliphatic heterocycles. The number of H-pyrrole nitrogens is 1. The van der Waals surface area contributed by atoms with E-state index >= 15 is 0 Å². The molecule has 3 aromatic heterocycles. The van der Waals surface area contributed by atoms with Crippen LogP contribution in [0.4, 0.5) is 14.5 Å². The van der Waals surface area contributed by atoms with Crippen molar-refractivity contribution in [3.63, 3.8) is 0 Å². The van der Waals surface area contributed by atoms with Crippen LogP contribution >= 0.6 is 0 Å². The molecule has 160 valence electrons. The lowest BCUT2D eigenvalue weighted by Gasteiger charge is -2.10. The van der Waals surface area contributed by atoms with Crippen molar-refractivity contribution in [2.45, 2.75) is 23.7 Å². The van der Waals surface area contributed by atoms with Gasteiger partial charge in [-0.05, 0) is 43.2 Å². The van der Waals surface area contributed by atoms with Gasteiger partial charge in [0.2, 0.25) is 0 Å². The number of aromatic amines is 1. The van der Waals surface area contributed by atoms with Gasteiger partial charge in [-0.3, -0.25) is 14.8 Å². The standard InChI is InChI=1S/C22H15F2N5O2S/c23-18-7-8-19(29-32(30,31)15-2-1-9-25-12-15)20(24)16(18)6-3-13-10-17-21(14-4-5-14)27-28-22(17)26-11-13/h1-2,7-12,14,29H,4-5H2,(H,26,27,28). The largest absolute Gasteiger partial charge is 0.277 e. The van der Waals surface area contributed by atoms with Gasteiger partial charge in [0.15, 0.2) is 11.5 Å². The summed E-state index contributed by atoms with van der Waals surface area (Å²) in [5, 5.41) is 7.99. The number of anilines is 1. The Labute approximate surface area is 182 Å². The van der Waals surface area contributed by atoms with Crippen LogP contribution in [0.15, 0.2) is 53.8 Å². The Hall–Kier alpha value is -3.84. The van der Waals surface area contributed by atoms with Crippen molar-refractivity contribution in [3.8, 4) is 11.8 Å². The summed E-state index contributed by atoms with van der Waals surface area (Å²) in [5.41, 5.74) is 1.04. The fraction of sp³-hybridized carbons (Fsp3) is 0.136. The van der Waals surface area contributed by atoms with E-state index in [4.69, 9.17) is 0 Å². The molecule has 1 aliphatic carbocycles. The van der Waals surface area contributed by atoms with Gasteiger partial charge in [0.05, 0.1) is 16.9 Å². The first-order valence-corrected chi connectivity index (χ1v) is 11.2. The first-order valence-electron chi connectivity index (χ1n) is 9.69. The molecule has 5 rings (SSSR count). The number of halogens is 2. The topological polar surface area (TPSA) is 101 Å². The van der Waals surface area contributed by atoms with Crippen molar-refractivity contribution in [1.29, 1.82) is 0 Å². The van der Waals surface area contributed by atoms with Crippen LogP contribution in [0.25, 0.3) is 11.0 Å². The van der Waals surface area contributed by atoms with Crippen LogP contribution < -0.4 is 4.72 Å². The SMILES string of the molecule is O=S(=O)(Nc1ccc(F)c(C#Cc2cnc3[nH]nc(C4CC4)c3c2)c1F)c1cccnc1. The fourth-order valence-electron chi connectivity index (χ4n) is 3.25. The monoisotopic (exact) mass is 451 g/mol. The van der Waals surface area contributed by atoms with Crippen LogP contribution in [-0.2, 0) is 10.0 Å². The van der Waals surface area contributed by atoms with E-state index in [1.54, 1.807) is 6.07 Å². The third kappa shape index (κ3) is 3.78. The summed E-state index contributed by atoms with van der Waals surface area (Å²) in [5.74, 6) is 3.56. The fourth-order valence-corrected chi connectivity index (χ4v) is 4.27. The molecule has 2 N–H and O–H groups in total. The maximum atomic E-state index is 14.9. The molecule has 3 heterocycles. The van der Waals surface area contributed by atoms with Gasteiger partial charge in [0.1, 0.15) is 10.7 Å². The first kappa shape index (κ1) is 20.1. The zero-order chi connectivity index (χ0) is 22.3. The van der Waals surface area contributed by atoms with E-state index < -0.39 is 32.9 Å². The summed E-state index contributed by atoms with van der Waals surface area (Å²) in [7, 11) is -4.10. The van der Waals surface area contributed by atoms with Gasteiger partial charge in [0.25, 0.3) is 10.0 Å². The molecule has 0 spiro atoms. The maximum Gasteiger partial charge on any atom is 0.263 e. The molecule has 1 fully saturated rings. The third-order valence-corrected chi connectivity index (χ3v) is 6.37. The average Bonchev–Trinajstić information content (AvgIpc) is 3.55. The summed E-state index contributed by atoms with van der Waals surface area (Å²) in [6.45, 7) is 0. The van der Waals surface area contributed by atoms with Crippen LogP contribution in [0.3, 0.4) is 0 Å². The quantitative estimate of drug-likeness (QED) is 0.461. The molecular weight excluding hydrogens is 436 g/mol. The predicted octanol–water partition coefficient (Wildman–Crippen LogP) is 3.71. The van der Waals surface area contributed by atoms with Crippen molar-refractivity contribution in [3.05, 3.63) is 77.4 Å². The summed E-state index contributed by atoms with van der Waals surface area (Å²) in [6.07, 6.45) is 6.14. The Balaban J connectivity index is 1.48. The minimum Gasteiger partial charge on any atom is -0.277 e. The first-order chi connectivity index (χ1) is 15.4.